The highest BCUT2D eigenvalue weighted by Crippen LogP contribution is 2.25. The fraction of sp³-hybridized carbons (Fsp3) is 0.214. The van der Waals surface area contributed by atoms with Crippen LogP contribution < -0.4 is 14.8 Å². The number of carboxylic acid groups (broad SMARTS) is 1. The molecule has 0 atom stereocenters. The van der Waals surface area contributed by atoms with Crippen molar-refractivity contribution in [3.8, 4) is 11.5 Å². The van der Waals surface area contributed by atoms with E-state index in [1.807, 2.05) is 12.1 Å². The summed E-state index contributed by atoms with van der Waals surface area (Å²) in [7, 11) is 3.17. The van der Waals surface area contributed by atoms with Crippen LogP contribution in [0.3, 0.4) is 0 Å². The zero-order chi connectivity index (χ0) is 14.5. The van der Waals surface area contributed by atoms with Crippen molar-refractivity contribution in [2.75, 3.05) is 19.5 Å². The summed E-state index contributed by atoms with van der Waals surface area (Å²) in [6, 6.07) is 7.16. The van der Waals surface area contributed by atoms with Crippen LogP contribution in [0, 0.1) is 0 Å². The Morgan fingerprint density at radius 2 is 2.10 bits per heavy atom. The van der Waals surface area contributed by atoms with Gasteiger partial charge in [0, 0.05) is 24.4 Å². The number of ether oxygens (including phenoxy) is 2. The third-order valence-corrected chi connectivity index (χ3v) is 2.92. The van der Waals surface area contributed by atoms with Crippen molar-refractivity contribution in [1.82, 2.24) is 4.98 Å². The summed E-state index contributed by atoms with van der Waals surface area (Å²) < 4.78 is 10.4. The quantitative estimate of drug-likeness (QED) is 0.754. The largest absolute Gasteiger partial charge is 0.497 e. The number of H-pyrrole nitrogens is 1. The van der Waals surface area contributed by atoms with Crippen LogP contribution in [0.5, 0.6) is 11.5 Å². The monoisotopic (exact) mass is 276 g/mol. The van der Waals surface area contributed by atoms with Crippen molar-refractivity contribution >= 4 is 11.7 Å². The van der Waals surface area contributed by atoms with Crippen molar-refractivity contribution in [2.45, 2.75) is 6.54 Å². The van der Waals surface area contributed by atoms with Crippen LogP contribution >= 0.6 is 0 Å². The lowest BCUT2D eigenvalue weighted by atomic mass is 10.2. The van der Waals surface area contributed by atoms with Crippen LogP contribution in [-0.4, -0.2) is 30.3 Å². The molecule has 106 valence electrons. The highest BCUT2D eigenvalue weighted by Gasteiger charge is 2.11. The van der Waals surface area contributed by atoms with Gasteiger partial charge in [0.25, 0.3) is 0 Å². The number of aromatic amines is 1. The Morgan fingerprint density at radius 1 is 1.30 bits per heavy atom. The van der Waals surface area contributed by atoms with Gasteiger partial charge in [-0.25, -0.2) is 4.79 Å². The van der Waals surface area contributed by atoms with Gasteiger partial charge in [-0.3, -0.25) is 0 Å². The topological polar surface area (TPSA) is 83.6 Å². The number of hydrogen-bond donors (Lipinski definition) is 3. The molecule has 1 aromatic carbocycles. The number of rotatable bonds is 6. The van der Waals surface area contributed by atoms with Crippen molar-refractivity contribution in [1.29, 1.82) is 0 Å². The van der Waals surface area contributed by atoms with E-state index < -0.39 is 5.97 Å². The second-order valence-electron chi connectivity index (χ2n) is 4.10. The predicted octanol–water partition coefficient (Wildman–Crippen LogP) is 2.34. The molecule has 0 saturated carbocycles. The molecule has 1 heterocycles. The molecule has 3 N–H and O–H groups in total. The molecule has 0 aliphatic carbocycles. The molecule has 0 fully saturated rings. The summed E-state index contributed by atoms with van der Waals surface area (Å²) >= 11 is 0. The van der Waals surface area contributed by atoms with E-state index >= 15 is 0 Å². The first kappa shape index (κ1) is 13.8. The molecule has 0 aliphatic rings. The molecule has 0 unspecified atom stereocenters. The molecular weight excluding hydrogens is 260 g/mol. The summed E-state index contributed by atoms with van der Waals surface area (Å²) in [6.07, 6.45) is 1.58. The lowest BCUT2D eigenvalue weighted by Crippen LogP contribution is -2.06. The van der Waals surface area contributed by atoms with Gasteiger partial charge in [-0.2, -0.15) is 0 Å². The number of anilines is 1. The Bertz CT molecular complexity index is 607. The Morgan fingerprint density at radius 3 is 2.75 bits per heavy atom. The fourth-order valence-electron chi connectivity index (χ4n) is 1.88. The number of carboxylic acids is 1. The second-order valence-corrected chi connectivity index (χ2v) is 4.10. The van der Waals surface area contributed by atoms with Crippen LogP contribution in [0.15, 0.2) is 30.5 Å². The Labute approximate surface area is 116 Å². The van der Waals surface area contributed by atoms with Gasteiger partial charge < -0.3 is 24.9 Å². The number of carbonyl (C=O) groups is 1. The smallest absolute Gasteiger partial charge is 0.354 e. The average Bonchev–Trinajstić information content (AvgIpc) is 2.93. The summed E-state index contributed by atoms with van der Waals surface area (Å²) in [5.74, 6) is 0.391. The van der Waals surface area contributed by atoms with Crippen molar-refractivity contribution in [3.63, 3.8) is 0 Å². The molecule has 2 aromatic rings. The maximum atomic E-state index is 11.0. The Hall–Kier alpha value is -2.63. The fourth-order valence-corrected chi connectivity index (χ4v) is 1.88. The maximum Gasteiger partial charge on any atom is 0.354 e. The van der Waals surface area contributed by atoms with E-state index in [0.29, 0.717) is 23.7 Å². The number of methoxy groups -OCH3 is 2. The first-order valence-electron chi connectivity index (χ1n) is 6.01. The molecule has 0 radical (unpaired) electrons. The van der Waals surface area contributed by atoms with Crippen LogP contribution in [-0.2, 0) is 6.54 Å². The zero-order valence-electron chi connectivity index (χ0n) is 11.3. The van der Waals surface area contributed by atoms with Crippen molar-refractivity contribution in [2.24, 2.45) is 0 Å². The Kier molecular flexibility index (Phi) is 4.14. The summed E-state index contributed by atoms with van der Waals surface area (Å²) in [5.41, 5.74) is 1.58. The number of aromatic nitrogens is 1. The van der Waals surface area contributed by atoms with Gasteiger partial charge >= 0.3 is 5.97 Å². The molecule has 0 amide bonds. The second kappa shape index (κ2) is 6.01. The van der Waals surface area contributed by atoms with E-state index in [1.54, 1.807) is 32.5 Å². The average molecular weight is 276 g/mol. The van der Waals surface area contributed by atoms with Gasteiger partial charge in [0.05, 0.1) is 19.9 Å². The third kappa shape index (κ3) is 2.85. The molecule has 0 bridgehead atoms. The van der Waals surface area contributed by atoms with Gasteiger partial charge in [0.15, 0.2) is 0 Å². The minimum absolute atomic E-state index is 0.137. The zero-order valence-corrected chi connectivity index (χ0v) is 11.3. The van der Waals surface area contributed by atoms with E-state index in [0.717, 1.165) is 5.56 Å². The molecule has 0 saturated heterocycles. The molecule has 0 spiro atoms. The highest BCUT2D eigenvalue weighted by atomic mass is 16.5. The molecule has 0 aliphatic heterocycles. The van der Waals surface area contributed by atoms with Gasteiger partial charge in [0.2, 0.25) is 0 Å². The number of nitrogens with one attached hydrogen (secondary N) is 2. The minimum atomic E-state index is -1.00. The number of benzene rings is 1. The molecule has 6 heteroatoms. The summed E-state index contributed by atoms with van der Waals surface area (Å²) in [5, 5.41) is 12.1. The van der Waals surface area contributed by atoms with E-state index in [-0.39, 0.29) is 5.69 Å². The summed E-state index contributed by atoms with van der Waals surface area (Å²) in [4.78, 5) is 13.7. The molecule has 6 nitrogen and oxygen atoms in total. The first-order chi connectivity index (χ1) is 9.65. The van der Waals surface area contributed by atoms with Gasteiger partial charge in [-0.15, -0.1) is 0 Å². The van der Waals surface area contributed by atoms with E-state index in [4.69, 9.17) is 14.6 Å². The minimum Gasteiger partial charge on any atom is -0.497 e. The van der Waals surface area contributed by atoms with Crippen LogP contribution in [0.4, 0.5) is 5.69 Å². The molecule has 2 rings (SSSR count). The standard InChI is InChI=1S/C14H16N2O4/c1-19-10-4-3-9(12(7-10)20-2)8-16-11-5-6-15-13(11)14(17)18/h3-7,15-16H,8H2,1-2H3,(H,17,18). The van der Waals surface area contributed by atoms with E-state index in [2.05, 4.69) is 10.3 Å². The number of aromatic carboxylic acids is 1. The molecule has 1 aromatic heterocycles. The lowest BCUT2D eigenvalue weighted by molar-refractivity contribution is 0.0692. The lowest BCUT2D eigenvalue weighted by Gasteiger charge is -2.11. The Balaban J connectivity index is 2.14. The normalized spacial score (nSPS) is 10.1. The van der Waals surface area contributed by atoms with Crippen molar-refractivity contribution < 1.29 is 19.4 Å². The van der Waals surface area contributed by atoms with Gasteiger partial charge in [-0.1, -0.05) is 0 Å². The molecule has 20 heavy (non-hydrogen) atoms. The van der Waals surface area contributed by atoms with Crippen LogP contribution in [0.1, 0.15) is 16.1 Å². The third-order valence-electron chi connectivity index (χ3n) is 2.92. The maximum absolute atomic E-state index is 11.0. The van der Waals surface area contributed by atoms with E-state index in [9.17, 15) is 4.79 Å². The van der Waals surface area contributed by atoms with Crippen molar-refractivity contribution in [3.05, 3.63) is 41.7 Å². The molecular formula is C14H16N2O4. The SMILES string of the molecule is COc1ccc(CNc2cc[nH]c2C(=O)O)c(OC)c1. The van der Waals surface area contributed by atoms with Gasteiger partial charge in [0.1, 0.15) is 17.2 Å². The summed E-state index contributed by atoms with van der Waals surface area (Å²) in [6.45, 7) is 0.450. The van der Waals surface area contributed by atoms with Gasteiger partial charge in [-0.05, 0) is 18.2 Å². The van der Waals surface area contributed by atoms with E-state index in [1.165, 1.54) is 0 Å². The highest BCUT2D eigenvalue weighted by molar-refractivity contribution is 5.92. The van der Waals surface area contributed by atoms with Crippen LogP contribution in [0.25, 0.3) is 0 Å². The number of hydrogen-bond acceptors (Lipinski definition) is 4. The predicted molar refractivity (Wildman–Crippen MR) is 74.6 cm³/mol. The first-order valence-corrected chi connectivity index (χ1v) is 6.01. The van der Waals surface area contributed by atoms with Crippen LogP contribution in [0.2, 0.25) is 0 Å².